The van der Waals surface area contributed by atoms with Crippen molar-refractivity contribution in [1.29, 1.82) is 0 Å². The average molecular weight is 617 g/mol. The van der Waals surface area contributed by atoms with Crippen LogP contribution in [-0.4, -0.2) is 84.4 Å². The molecule has 12 heteroatoms. The molecule has 12 nitrogen and oxygen atoms in total. The Morgan fingerprint density at radius 3 is 1.59 bits per heavy atom. The zero-order valence-corrected chi connectivity index (χ0v) is 25.4. The number of aliphatic hydroxyl groups is 1. The van der Waals surface area contributed by atoms with Crippen LogP contribution in [0.15, 0.2) is 60.7 Å². The summed E-state index contributed by atoms with van der Waals surface area (Å²) in [5.41, 5.74) is 1.74. The number of aliphatic hydroxyl groups excluding tert-OH is 1. The Kier molecular flexibility index (Phi) is 11.8. The zero-order valence-electron chi connectivity index (χ0n) is 25.4. The molecule has 0 aromatic heterocycles. The Hall–Kier alpha value is -3.39. The van der Waals surface area contributed by atoms with Gasteiger partial charge in [-0.15, -0.1) is 0 Å². The van der Waals surface area contributed by atoms with Crippen LogP contribution >= 0.6 is 0 Å². The Bertz CT molecular complexity index is 1170. The van der Waals surface area contributed by atoms with Gasteiger partial charge in [0.15, 0.2) is 30.9 Å². The van der Waals surface area contributed by atoms with E-state index in [0.29, 0.717) is 0 Å². The molecule has 0 amide bonds. The normalized spacial score (nSPS) is 32.0. The van der Waals surface area contributed by atoms with Crippen LogP contribution in [0, 0.1) is 0 Å². The van der Waals surface area contributed by atoms with Crippen molar-refractivity contribution in [3.63, 3.8) is 0 Å². The lowest BCUT2D eigenvalue weighted by Gasteiger charge is -2.48. The average Bonchev–Trinajstić information content (AvgIpc) is 2.97. The molecule has 240 valence electrons. The predicted molar refractivity (Wildman–Crippen MR) is 152 cm³/mol. The SMILES string of the molecule is CC(=O)O[C@@H]1[C@@H](OC(C)=O)[C@H](C)O[C@@H](O[C@H]2[C@@H](OCc3ccccc3)[C@@H](C)O[C@H](O)[C@@H]2OCc2ccccc2)[C@@H]1OC(C)=O. The largest absolute Gasteiger partial charge is 0.456 e. The van der Waals surface area contributed by atoms with Crippen LogP contribution in [0.2, 0.25) is 0 Å². The van der Waals surface area contributed by atoms with Crippen molar-refractivity contribution in [3.05, 3.63) is 71.8 Å². The molecule has 0 saturated carbocycles. The first kappa shape index (κ1) is 33.5. The molecule has 0 spiro atoms. The maximum absolute atomic E-state index is 12.3. The van der Waals surface area contributed by atoms with Crippen molar-refractivity contribution in [2.24, 2.45) is 0 Å². The molecule has 2 saturated heterocycles. The number of hydrogen-bond donors (Lipinski definition) is 1. The van der Waals surface area contributed by atoms with Crippen molar-refractivity contribution >= 4 is 17.9 Å². The van der Waals surface area contributed by atoms with Crippen LogP contribution in [0.25, 0.3) is 0 Å². The first-order valence-corrected chi connectivity index (χ1v) is 14.5. The van der Waals surface area contributed by atoms with Crippen molar-refractivity contribution in [3.8, 4) is 0 Å². The van der Waals surface area contributed by atoms with Gasteiger partial charge in [-0.05, 0) is 25.0 Å². The molecule has 2 aromatic rings. The number of esters is 3. The highest BCUT2D eigenvalue weighted by Crippen LogP contribution is 2.34. The highest BCUT2D eigenvalue weighted by Gasteiger charge is 2.54. The zero-order chi connectivity index (χ0) is 31.8. The van der Waals surface area contributed by atoms with Crippen LogP contribution < -0.4 is 0 Å². The molecule has 2 aliphatic heterocycles. The van der Waals surface area contributed by atoms with Gasteiger partial charge in [-0.2, -0.15) is 0 Å². The molecule has 4 rings (SSSR count). The fourth-order valence-electron chi connectivity index (χ4n) is 5.32. The molecule has 10 atom stereocenters. The lowest BCUT2D eigenvalue weighted by molar-refractivity contribution is -0.360. The number of benzene rings is 2. The van der Waals surface area contributed by atoms with E-state index >= 15 is 0 Å². The van der Waals surface area contributed by atoms with Crippen molar-refractivity contribution in [2.45, 2.75) is 109 Å². The van der Waals surface area contributed by atoms with Gasteiger partial charge in [0.05, 0.1) is 25.4 Å². The number of carbonyl (C=O) groups excluding carboxylic acids is 3. The Morgan fingerprint density at radius 2 is 1.07 bits per heavy atom. The fraction of sp³-hybridized carbons (Fsp3) is 0.531. The molecule has 44 heavy (non-hydrogen) atoms. The van der Waals surface area contributed by atoms with Crippen LogP contribution in [0.4, 0.5) is 0 Å². The summed E-state index contributed by atoms with van der Waals surface area (Å²) >= 11 is 0. The number of ether oxygens (including phenoxy) is 8. The monoisotopic (exact) mass is 616 g/mol. The molecule has 0 aliphatic carbocycles. The van der Waals surface area contributed by atoms with Gasteiger partial charge in [0.25, 0.3) is 0 Å². The summed E-state index contributed by atoms with van der Waals surface area (Å²) in [6, 6.07) is 18.8. The third kappa shape index (κ3) is 8.84. The first-order valence-electron chi connectivity index (χ1n) is 14.5. The van der Waals surface area contributed by atoms with E-state index in [1.807, 2.05) is 60.7 Å². The smallest absolute Gasteiger partial charge is 0.303 e. The second-order valence-electron chi connectivity index (χ2n) is 10.8. The molecule has 0 bridgehead atoms. The quantitative estimate of drug-likeness (QED) is 0.293. The Labute approximate surface area is 256 Å². The van der Waals surface area contributed by atoms with Gasteiger partial charge >= 0.3 is 17.9 Å². The molecule has 2 heterocycles. The number of rotatable bonds is 11. The topological polar surface area (TPSA) is 145 Å². The summed E-state index contributed by atoms with van der Waals surface area (Å²) < 4.78 is 47.5. The van der Waals surface area contributed by atoms with Crippen LogP contribution in [0.5, 0.6) is 0 Å². The molecule has 0 unspecified atom stereocenters. The standard InChI is InChI=1S/C32H40O12/c1-18-25(37-16-23-12-8-6-9-13-23)27(29(31(36)39-18)38-17-24-14-10-7-11-15-24)44-32-30(43-22(5)35)28(42-21(4)34)26(19(2)40-32)41-20(3)33/h6-15,18-19,25-32,36H,16-17H2,1-5H3/t18-,19+,25+,26+,27+,28-,29-,30-,31+,32+/m1/s1. The van der Waals surface area contributed by atoms with Gasteiger partial charge < -0.3 is 43.0 Å². The molecule has 2 fully saturated rings. The van der Waals surface area contributed by atoms with Crippen molar-refractivity contribution < 1.29 is 57.4 Å². The van der Waals surface area contributed by atoms with Crippen LogP contribution in [0.1, 0.15) is 45.7 Å². The van der Waals surface area contributed by atoms with E-state index in [1.165, 1.54) is 20.8 Å². The van der Waals surface area contributed by atoms with E-state index < -0.39 is 79.3 Å². The van der Waals surface area contributed by atoms with Crippen LogP contribution in [-0.2, 0) is 65.5 Å². The molecule has 2 aliphatic rings. The summed E-state index contributed by atoms with van der Waals surface area (Å²) in [7, 11) is 0. The van der Waals surface area contributed by atoms with E-state index in [-0.39, 0.29) is 13.2 Å². The van der Waals surface area contributed by atoms with E-state index in [4.69, 9.17) is 37.9 Å². The minimum absolute atomic E-state index is 0.117. The molecule has 0 radical (unpaired) electrons. The summed E-state index contributed by atoms with van der Waals surface area (Å²) in [6.07, 6.45) is -10.9. The molecular formula is C32H40O12. The summed E-state index contributed by atoms with van der Waals surface area (Å²) in [5.74, 6) is -2.05. The van der Waals surface area contributed by atoms with E-state index in [9.17, 15) is 19.5 Å². The molecule has 2 aromatic carbocycles. The maximum Gasteiger partial charge on any atom is 0.303 e. The lowest BCUT2D eigenvalue weighted by Crippen LogP contribution is -2.65. The van der Waals surface area contributed by atoms with Crippen molar-refractivity contribution in [2.75, 3.05) is 0 Å². The first-order chi connectivity index (χ1) is 21.0. The van der Waals surface area contributed by atoms with E-state index in [2.05, 4.69) is 0 Å². The van der Waals surface area contributed by atoms with E-state index in [1.54, 1.807) is 13.8 Å². The minimum atomic E-state index is -1.42. The second-order valence-corrected chi connectivity index (χ2v) is 10.8. The highest BCUT2D eigenvalue weighted by atomic mass is 16.7. The summed E-state index contributed by atoms with van der Waals surface area (Å²) in [5, 5.41) is 11.1. The van der Waals surface area contributed by atoms with Gasteiger partial charge in [-0.25, -0.2) is 0 Å². The maximum atomic E-state index is 12.3. The number of hydrogen-bond acceptors (Lipinski definition) is 12. The van der Waals surface area contributed by atoms with Gasteiger partial charge in [0.2, 0.25) is 0 Å². The Balaban J connectivity index is 1.67. The van der Waals surface area contributed by atoms with Gasteiger partial charge in [-0.1, -0.05) is 60.7 Å². The van der Waals surface area contributed by atoms with Crippen molar-refractivity contribution in [1.82, 2.24) is 0 Å². The summed E-state index contributed by atoms with van der Waals surface area (Å²) in [6.45, 7) is 7.22. The molecule has 1 N–H and O–H groups in total. The Morgan fingerprint density at radius 1 is 0.614 bits per heavy atom. The van der Waals surface area contributed by atoms with Gasteiger partial charge in [0.1, 0.15) is 18.3 Å². The van der Waals surface area contributed by atoms with Crippen LogP contribution in [0.3, 0.4) is 0 Å². The van der Waals surface area contributed by atoms with Gasteiger partial charge in [0, 0.05) is 20.8 Å². The summed E-state index contributed by atoms with van der Waals surface area (Å²) in [4.78, 5) is 36.3. The fourth-order valence-corrected chi connectivity index (χ4v) is 5.32. The predicted octanol–water partition coefficient (Wildman–Crippen LogP) is 2.82. The second kappa shape index (κ2) is 15.6. The third-order valence-electron chi connectivity index (χ3n) is 7.24. The third-order valence-corrected chi connectivity index (χ3v) is 7.24. The number of carbonyl (C=O) groups is 3. The minimum Gasteiger partial charge on any atom is -0.456 e. The van der Waals surface area contributed by atoms with E-state index in [0.717, 1.165) is 11.1 Å². The van der Waals surface area contributed by atoms with Gasteiger partial charge in [-0.3, -0.25) is 14.4 Å². The molecular weight excluding hydrogens is 576 g/mol. The lowest BCUT2D eigenvalue weighted by atomic mass is 9.96. The highest BCUT2D eigenvalue weighted by molar-refractivity contribution is 5.68.